The van der Waals surface area contributed by atoms with Crippen molar-refractivity contribution in [3.05, 3.63) is 95.1 Å². The summed E-state index contributed by atoms with van der Waals surface area (Å²) in [6.45, 7) is 12.3. The maximum Gasteiger partial charge on any atom is 0.410 e. The Morgan fingerprint density at radius 1 is 0.714 bits per heavy atom. The van der Waals surface area contributed by atoms with E-state index in [9.17, 15) is 34.5 Å². The summed E-state index contributed by atoms with van der Waals surface area (Å²) < 4.78 is 5.35. The van der Waals surface area contributed by atoms with Crippen LogP contribution in [0.3, 0.4) is 0 Å². The number of amides is 5. The van der Waals surface area contributed by atoms with Crippen molar-refractivity contribution in [1.82, 2.24) is 55.6 Å². The van der Waals surface area contributed by atoms with Gasteiger partial charge in [0, 0.05) is 108 Å². The van der Waals surface area contributed by atoms with Crippen LogP contribution in [0.25, 0.3) is 0 Å². The van der Waals surface area contributed by atoms with Gasteiger partial charge in [-0.25, -0.2) is 34.9 Å². The van der Waals surface area contributed by atoms with Crippen molar-refractivity contribution in [2.45, 2.75) is 109 Å². The molecule has 1 saturated carbocycles. The first kappa shape index (κ1) is 53.9. The lowest BCUT2D eigenvalue weighted by atomic mass is 9.94. The minimum atomic E-state index is -0.572. The van der Waals surface area contributed by atoms with Crippen molar-refractivity contribution in [2.24, 2.45) is 17.3 Å². The van der Waals surface area contributed by atoms with E-state index < -0.39 is 11.7 Å². The molecule has 6 aliphatic rings. The number of nitrogens with one attached hydrogen (secondary N) is 2. The second kappa shape index (κ2) is 23.6. The second-order valence-electron chi connectivity index (χ2n) is 21.7. The monoisotopic (exact) mass is 1050 g/mol. The van der Waals surface area contributed by atoms with Crippen molar-refractivity contribution in [1.29, 1.82) is 10.5 Å². The highest BCUT2D eigenvalue weighted by molar-refractivity contribution is 5.93. The Morgan fingerprint density at radius 2 is 1.19 bits per heavy atom. The van der Waals surface area contributed by atoms with Crippen LogP contribution in [-0.4, -0.2) is 145 Å². The molecule has 9 heterocycles. The Balaban J connectivity index is 0.000000189. The fourth-order valence-corrected chi connectivity index (χ4v) is 9.98. The molecule has 0 radical (unpaired) electrons. The first-order valence-corrected chi connectivity index (χ1v) is 26.4. The summed E-state index contributed by atoms with van der Waals surface area (Å²) in [5.41, 5.74) is 2.93. The molecular formula is C54H65N15O8. The molecule has 0 spiro atoms. The van der Waals surface area contributed by atoms with Crippen molar-refractivity contribution in [2.75, 3.05) is 68.8 Å². The van der Waals surface area contributed by atoms with Gasteiger partial charge >= 0.3 is 6.09 Å². The number of carbonyl (C=O) groups excluding carboxylic acids is 5. The largest absolute Gasteiger partial charge is 0.444 e. The Hall–Kier alpha value is -7.89. The van der Waals surface area contributed by atoms with Gasteiger partial charge in [0.1, 0.15) is 29.1 Å². The normalized spacial score (nSPS) is 20.5. The van der Waals surface area contributed by atoms with E-state index in [1.807, 2.05) is 30.6 Å². The van der Waals surface area contributed by atoms with Gasteiger partial charge in [0.05, 0.1) is 42.5 Å². The molecule has 4 aromatic heterocycles. The molecule has 4 aromatic rings. The van der Waals surface area contributed by atoms with Crippen LogP contribution in [0.1, 0.15) is 141 Å². The van der Waals surface area contributed by atoms with Crippen LogP contribution >= 0.6 is 0 Å². The number of carbonyl (C=O) groups is 5. The highest BCUT2D eigenvalue weighted by Crippen LogP contribution is 2.47. The first-order chi connectivity index (χ1) is 37.1. The van der Waals surface area contributed by atoms with E-state index in [0.717, 1.165) is 17.5 Å². The van der Waals surface area contributed by atoms with Crippen molar-refractivity contribution in [3.63, 3.8) is 0 Å². The number of hydrogen-bond donors (Lipinski definition) is 2. The van der Waals surface area contributed by atoms with Gasteiger partial charge in [-0.2, -0.15) is 10.5 Å². The lowest BCUT2D eigenvalue weighted by Crippen LogP contribution is -2.61. The van der Waals surface area contributed by atoms with Gasteiger partial charge in [0.25, 0.3) is 11.8 Å². The van der Waals surface area contributed by atoms with Gasteiger partial charge in [0.15, 0.2) is 0 Å². The molecule has 0 bridgehead atoms. The quantitative estimate of drug-likeness (QED) is 0.189. The Morgan fingerprint density at radius 3 is 1.65 bits per heavy atom. The molecule has 77 heavy (non-hydrogen) atoms. The summed E-state index contributed by atoms with van der Waals surface area (Å²) in [6.07, 6.45) is 16.3. The number of nitriles is 2. The third-order valence-corrected chi connectivity index (χ3v) is 14.8. The Kier molecular flexibility index (Phi) is 16.5. The minimum absolute atomic E-state index is 0.0436. The predicted molar refractivity (Wildman–Crippen MR) is 276 cm³/mol. The van der Waals surface area contributed by atoms with E-state index in [-0.39, 0.29) is 59.3 Å². The molecule has 2 N–H and O–H groups in total. The molecule has 5 amide bonds. The zero-order chi connectivity index (χ0) is 54.3. The van der Waals surface area contributed by atoms with E-state index in [1.165, 1.54) is 35.4 Å². The van der Waals surface area contributed by atoms with Gasteiger partial charge in [-0.15, -0.1) is 0 Å². The molecular weight excluding hydrogens is 987 g/mol. The lowest BCUT2D eigenvalue weighted by Gasteiger charge is -2.39. The summed E-state index contributed by atoms with van der Waals surface area (Å²) >= 11 is 0. The summed E-state index contributed by atoms with van der Waals surface area (Å²) in [6, 6.07) is 10.2. The van der Waals surface area contributed by atoms with Crippen LogP contribution in [0.5, 0.6) is 0 Å². The van der Waals surface area contributed by atoms with E-state index in [1.54, 1.807) is 54.0 Å². The molecule has 5 aliphatic heterocycles. The number of aromatic nitrogens is 6. The fraction of sp³-hybridized carbons (Fsp3) is 0.537. The topological polar surface area (TPSA) is 278 Å². The molecule has 6 fully saturated rings. The number of piperidine rings is 2. The van der Waals surface area contributed by atoms with E-state index >= 15 is 0 Å². The molecule has 1 aliphatic carbocycles. The lowest BCUT2D eigenvalue weighted by molar-refractivity contribution is -0.182. The maximum atomic E-state index is 13.4. The molecule has 23 nitrogen and oxygen atoms in total. The SMILES string of the molecule is CC(C)(C)OC(=O)N1CC(NC(=O)c2ccnc(N3CCC(C(=O)N4OCC[C@H]4c4cncc(C#N)c4)CC3)n2)C1.CC1(CCNC(=O)c2ccnc(N3CCC(C(=O)N4OCC[C@H]4c4cncc(C#N)c4)CC3)n2)CC1. The zero-order valence-electron chi connectivity index (χ0n) is 44.0. The van der Waals surface area contributed by atoms with E-state index in [0.29, 0.717) is 132 Å². The zero-order valence-corrected chi connectivity index (χ0v) is 44.0. The number of rotatable bonds is 12. The number of pyridine rings is 2. The molecule has 404 valence electrons. The second-order valence-corrected chi connectivity index (χ2v) is 21.7. The average Bonchev–Trinajstić information content (AvgIpc) is 3.75. The van der Waals surface area contributed by atoms with E-state index in [4.69, 9.17) is 14.4 Å². The van der Waals surface area contributed by atoms with Crippen LogP contribution < -0.4 is 20.4 Å². The summed E-state index contributed by atoms with van der Waals surface area (Å²) in [5.74, 6) is -0.0943. The molecule has 5 saturated heterocycles. The van der Waals surface area contributed by atoms with Crippen LogP contribution in [0.15, 0.2) is 61.4 Å². The van der Waals surface area contributed by atoms with Crippen LogP contribution in [0.4, 0.5) is 16.7 Å². The minimum Gasteiger partial charge on any atom is -0.444 e. The van der Waals surface area contributed by atoms with Crippen molar-refractivity contribution < 1.29 is 38.4 Å². The van der Waals surface area contributed by atoms with Crippen LogP contribution in [-0.2, 0) is 24.0 Å². The third-order valence-electron chi connectivity index (χ3n) is 14.8. The fourth-order valence-electron chi connectivity index (χ4n) is 9.98. The number of ether oxygens (including phenoxy) is 1. The summed E-state index contributed by atoms with van der Waals surface area (Å²) in [4.78, 5) is 107. The molecule has 2 atom stereocenters. The number of anilines is 2. The highest BCUT2D eigenvalue weighted by atomic mass is 16.7. The third kappa shape index (κ3) is 13.4. The standard InChI is InChI=1S/C28H34N8O5.C26H31N7O3/c1-28(2,3)41-27(39)35-16-21(17-35)32-24(37)22-4-8-31-26(33-22)34-9-5-19(6-10-34)25(38)36-23(7-11-40-36)20-12-18(13-29)14-30-15-20;1-26(6-7-26)8-10-29-23(34)21-2-9-30-25(31-21)32-11-3-19(4-12-32)24(35)33-22(5-13-36-33)20-14-18(15-27)16-28-17-20/h4,8,12,14-15,19,21,23H,5-7,9-11,16-17H2,1-3H3,(H,32,37);2,9,14,16-17,19,22H,3-8,10-13H2,1H3,(H,29,34)/t23-;22-/m00/s1. The highest BCUT2D eigenvalue weighted by Gasteiger charge is 2.41. The molecule has 23 heteroatoms. The number of hydroxylamine groups is 4. The van der Waals surface area contributed by atoms with E-state index in [2.05, 4.69) is 59.6 Å². The van der Waals surface area contributed by atoms with Crippen LogP contribution in [0, 0.1) is 39.9 Å². The van der Waals surface area contributed by atoms with Crippen molar-refractivity contribution >= 4 is 41.6 Å². The van der Waals surface area contributed by atoms with Gasteiger partial charge in [-0.3, -0.25) is 38.8 Å². The van der Waals surface area contributed by atoms with Gasteiger partial charge in [-0.1, -0.05) is 6.92 Å². The smallest absolute Gasteiger partial charge is 0.410 e. The first-order valence-electron chi connectivity index (χ1n) is 26.4. The van der Waals surface area contributed by atoms with Gasteiger partial charge in [-0.05, 0) is 107 Å². The Labute approximate surface area is 447 Å². The summed E-state index contributed by atoms with van der Waals surface area (Å²) in [7, 11) is 0. The number of likely N-dealkylation sites (tertiary alicyclic amines) is 1. The maximum absolute atomic E-state index is 13.4. The number of hydrogen-bond acceptors (Lipinski definition) is 18. The van der Waals surface area contributed by atoms with Gasteiger partial charge in [0.2, 0.25) is 23.7 Å². The Bertz CT molecular complexity index is 2900. The number of nitrogens with zero attached hydrogens (tertiary/aromatic N) is 13. The van der Waals surface area contributed by atoms with Crippen molar-refractivity contribution in [3.8, 4) is 12.1 Å². The molecule has 0 unspecified atom stereocenters. The molecule has 10 rings (SSSR count). The summed E-state index contributed by atoms with van der Waals surface area (Å²) in [5, 5.41) is 27.2. The predicted octanol–water partition coefficient (Wildman–Crippen LogP) is 5.00. The average molecular weight is 1050 g/mol. The molecule has 0 aromatic carbocycles. The van der Waals surface area contributed by atoms with Gasteiger partial charge < -0.3 is 30.1 Å². The van der Waals surface area contributed by atoms with Crippen LogP contribution in [0.2, 0.25) is 0 Å².